The van der Waals surface area contributed by atoms with Crippen molar-refractivity contribution >= 4 is 0 Å². The quantitative estimate of drug-likeness (QED) is 0.280. The fraction of sp³-hybridized carbons (Fsp3) is 0.250. The highest BCUT2D eigenvalue weighted by Crippen LogP contribution is 2.32. The van der Waals surface area contributed by atoms with Crippen LogP contribution in [-0.4, -0.2) is 6.86 Å². The highest BCUT2D eigenvalue weighted by molar-refractivity contribution is 5.71. The molecule has 0 N–H and O–H groups in total. The van der Waals surface area contributed by atoms with Crippen LogP contribution in [0.1, 0.15) is 31.7 Å². The molecule has 0 aliphatic rings. The van der Waals surface area contributed by atoms with Crippen molar-refractivity contribution in [2.24, 2.45) is 0 Å². The van der Waals surface area contributed by atoms with Crippen LogP contribution in [0.15, 0.2) is 54.6 Å². The molecule has 0 aliphatic heterocycles. The summed E-state index contributed by atoms with van der Waals surface area (Å²) in [4.78, 5) is 0. The van der Waals surface area contributed by atoms with Crippen molar-refractivity contribution in [3.05, 3.63) is 77.6 Å². The van der Waals surface area contributed by atoms with E-state index in [1.165, 1.54) is 30.5 Å². The molecule has 0 bridgehead atoms. The van der Waals surface area contributed by atoms with Crippen molar-refractivity contribution in [3.8, 4) is 28.0 Å². The van der Waals surface area contributed by atoms with Crippen LogP contribution in [0.2, 0.25) is 0 Å². The van der Waals surface area contributed by atoms with Crippen molar-refractivity contribution in [1.82, 2.24) is 0 Å². The SMILES string of the molecule is CCCCCc1ccc(-c2ccc(-c3cc(F)c(OCF)c(F)c3)c(F)c2)cc1. The summed E-state index contributed by atoms with van der Waals surface area (Å²) in [5, 5.41) is 0. The van der Waals surface area contributed by atoms with Gasteiger partial charge in [0.25, 0.3) is 0 Å². The molecule has 0 radical (unpaired) electrons. The second-order valence-corrected chi connectivity index (χ2v) is 6.87. The summed E-state index contributed by atoms with van der Waals surface area (Å²) >= 11 is 0. The van der Waals surface area contributed by atoms with E-state index >= 15 is 0 Å². The Balaban J connectivity index is 1.84. The Hall–Kier alpha value is -2.82. The minimum Gasteiger partial charge on any atom is -0.457 e. The molecule has 0 spiro atoms. The molecule has 0 heterocycles. The number of alkyl halides is 1. The van der Waals surface area contributed by atoms with Crippen molar-refractivity contribution in [3.63, 3.8) is 0 Å². The molecule has 3 rings (SSSR count). The standard InChI is InChI=1S/C24H22F4O/c1-2-3-4-5-16-6-8-17(9-7-16)18-10-11-20(21(26)12-18)19-13-22(27)24(29-15-25)23(28)14-19/h6-14H,2-5,15H2,1H3. The van der Waals surface area contributed by atoms with Gasteiger partial charge in [0.15, 0.2) is 17.4 Å². The average Bonchev–Trinajstić information content (AvgIpc) is 2.71. The topological polar surface area (TPSA) is 9.23 Å². The van der Waals surface area contributed by atoms with Crippen molar-refractivity contribution < 1.29 is 22.3 Å². The molecule has 0 aromatic heterocycles. The van der Waals surface area contributed by atoms with Gasteiger partial charge in [-0.15, -0.1) is 0 Å². The maximum absolute atomic E-state index is 14.7. The Labute approximate surface area is 168 Å². The van der Waals surface area contributed by atoms with E-state index in [0.29, 0.717) is 5.56 Å². The molecule has 0 atom stereocenters. The molecule has 5 heteroatoms. The van der Waals surface area contributed by atoms with Gasteiger partial charge in [0.1, 0.15) is 5.82 Å². The Bertz CT molecular complexity index is 944. The smallest absolute Gasteiger partial charge is 0.228 e. The third-order valence-electron chi connectivity index (χ3n) is 4.83. The maximum Gasteiger partial charge on any atom is 0.228 e. The third-order valence-corrected chi connectivity index (χ3v) is 4.83. The van der Waals surface area contributed by atoms with Gasteiger partial charge in [-0.2, -0.15) is 0 Å². The predicted octanol–water partition coefficient (Wildman–Crippen LogP) is 7.48. The number of halogens is 4. The molecule has 0 unspecified atom stereocenters. The van der Waals surface area contributed by atoms with E-state index in [4.69, 9.17) is 0 Å². The van der Waals surface area contributed by atoms with Crippen LogP contribution >= 0.6 is 0 Å². The summed E-state index contributed by atoms with van der Waals surface area (Å²) in [6.45, 7) is 0.809. The summed E-state index contributed by atoms with van der Waals surface area (Å²) in [7, 11) is 0. The van der Waals surface area contributed by atoms with Crippen LogP contribution in [0, 0.1) is 17.5 Å². The number of rotatable bonds is 8. The van der Waals surface area contributed by atoms with Gasteiger partial charge in [0.05, 0.1) is 0 Å². The highest BCUT2D eigenvalue weighted by atomic mass is 19.1. The van der Waals surface area contributed by atoms with Gasteiger partial charge in [-0.05, 0) is 53.3 Å². The normalized spacial score (nSPS) is 10.9. The zero-order valence-electron chi connectivity index (χ0n) is 16.2. The lowest BCUT2D eigenvalue weighted by Crippen LogP contribution is -1.98. The number of benzene rings is 3. The lowest BCUT2D eigenvalue weighted by atomic mass is 9.98. The minimum absolute atomic E-state index is 0.0153. The van der Waals surface area contributed by atoms with Gasteiger partial charge >= 0.3 is 0 Å². The van der Waals surface area contributed by atoms with E-state index in [2.05, 4.69) is 11.7 Å². The van der Waals surface area contributed by atoms with E-state index < -0.39 is 30.1 Å². The number of aryl methyl sites for hydroxylation is 1. The molecule has 0 aliphatic carbocycles. The number of hydrogen-bond donors (Lipinski definition) is 0. The van der Waals surface area contributed by atoms with Gasteiger partial charge in [0.2, 0.25) is 6.86 Å². The monoisotopic (exact) mass is 402 g/mol. The Morgan fingerprint density at radius 2 is 1.34 bits per heavy atom. The Morgan fingerprint density at radius 1 is 0.724 bits per heavy atom. The van der Waals surface area contributed by atoms with E-state index in [-0.39, 0.29) is 11.1 Å². The van der Waals surface area contributed by atoms with Gasteiger partial charge in [-0.1, -0.05) is 56.2 Å². The molecule has 0 saturated carbocycles. The molecule has 3 aromatic carbocycles. The van der Waals surface area contributed by atoms with Gasteiger partial charge in [-0.3, -0.25) is 0 Å². The van der Waals surface area contributed by atoms with Crippen molar-refractivity contribution in [2.75, 3.05) is 6.86 Å². The summed E-state index contributed by atoms with van der Waals surface area (Å²) < 4.78 is 59.1. The van der Waals surface area contributed by atoms with Gasteiger partial charge in [0, 0.05) is 5.56 Å². The zero-order chi connectivity index (χ0) is 20.8. The van der Waals surface area contributed by atoms with Gasteiger partial charge < -0.3 is 4.74 Å². The van der Waals surface area contributed by atoms with Crippen LogP contribution in [0.5, 0.6) is 5.75 Å². The second kappa shape index (κ2) is 9.59. The number of hydrogen-bond acceptors (Lipinski definition) is 1. The first-order valence-electron chi connectivity index (χ1n) is 9.60. The average molecular weight is 402 g/mol. The summed E-state index contributed by atoms with van der Waals surface area (Å²) in [6.07, 6.45) is 4.52. The second-order valence-electron chi connectivity index (χ2n) is 6.87. The first-order chi connectivity index (χ1) is 14.0. The summed E-state index contributed by atoms with van der Waals surface area (Å²) in [5.41, 5.74) is 2.83. The van der Waals surface area contributed by atoms with Crippen LogP contribution in [0.25, 0.3) is 22.3 Å². The van der Waals surface area contributed by atoms with E-state index in [1.54, 1.807) is 6.07 Å². The molecular weight excluding hydrogens is 380 g/mol. The van der Waals surface area contributed by atoms with E-state index in [9.17, 15) is 17.6 Å². The lowest BCUT2D eigenvalue weighted by Gasteiger charge is -2.10. The van der Waals surface area contributed by atoms with Crippen molar-refractivity contribution in [2.45, 2.75) is 32.6 Å². The zero-order valence-corrected chi connectivity index (χ0v) is 16.2. The first kappa shape index (κ1) is 20.9. The molecular formula is C24H22F4O. The number of ether oxygens (including phenoxy) is 1. The maximum atomic E-state index is 14.7. The van der Waals surface area contributed by atoms with E-state index in [0.717, 1.165) is 30.5 Å². The molecule has 0 fully saturated rings. The molecule has 3 aromatic rings. The fourth-order valence-corrected chi connectivity index (χ4v) is 3.28. The molecule has 152 valence electrons. The fourth-order valence-electron chi connectivity index (χ4n) is 3.28. The third kappa shape index (κ3) is 4.97. The van der Waals surface area contributed by atoms with Crippen LogP contribution < -0.4 is 4.74 Å². The molecule has 0 amide bonds. The van der Waals surface area contributed by atoms with Gasteiger partial charge in [-0.25, -0.2) is 17.6 Å². The minimum atomic E-state index is -1.35. The molecule has 29 heavy (non-hydrogen) atoms. The Kier molecular flexibility index (Phi) is 6.91. The van der Waals surface area contributed by atoms with Crippen molar-refractivity contribution in [1.29, 1.82) is 0 Å². The van der Waals surface area contributed by atoms with Crippen LogP contribution in [-0.2, 0) is 6.42 Å². The molecule has 1 nitrogen and oxygen atoms in total. The Morgan fingerprint density at radius 3 is 1.93 bits per heavy atom. The summed E-state index contributed by atoms with van der Waals surface area (Å²) in [6, 6.07) is 14.3. The summed E-state index contributed by atoms with van der Waals surface area (Å²) in [5.74, 6) is -3.58. The largest absolute Gasteiger partial charge is 0.457 e. The lowest BCUT2D eigenvalue weighted by molar-refractivity contribution is 0.176. The molecule has 0 saturated heterocycles. The highest BCUT2D eigenvalue weighted by Gasteiger charge is 2.16. The first-order valence-corrected chi connectivity index (χ1v) is 9.60. The number of unbranched alkanes of at least 4 members (excludes halogenated alkanes) is 2. The predicted molar refractivity (Wildman–Crippen MR) is 107 cm³/mol. The van der Waals surface area contributed by atoms with Crippen LogP contribution in [0.4, 0.5) is 17.6 Å². The van der Waals surface area contributed by atoms with E-state index in [1.807, 2.05) is 24.3 Å². The van der Waals surface area contributed by atoms with Crippen LogP contribution in [0.3, 0.4) is 0 Å².